The second-order valence-electron chi connectivity index (χ2n) is 4.27. The summed E-state index contributed by atoms with van der Waals surface area (Å²) in [5.41, 5.74) is 0. The van der Waals surface area contributed by atoms with E-state index in [1.807, 2.05) is 24.3 Å². The predicted octanol–water partition coefficient (Wildman–Crippen LogP) is 1.94. The maximum Gasteiger partial charge on any atom is 0.119 e. The summed E-state index contributed by atoms with van der Waals surface area (Å²) >= 11 is 0. The highest BCUT2D eigenvalue weighted by molar-refractivity contribution is 5.31. The molecule has 0 radical (unpaired) electrons. The molecule has 0 saturated heterocycles. The van der Waals surface area contributed by atoms with E-state index >= 15 is 0 Å². The molecule has 5 nitrogen and oxygen atoms in total. The Kier molecular flexibility index (Phi) is 8.20. The van der Waals surface area contributed by atoms with E-state index in [1.165, 1.54) is 0 Å². The van der Waals surface area contributed by atoms with Crippen molar-refractivity contribution >= 4 is 0 Å². The largest absolute Gasteiger partial charge is 0.497 e. The molecular formula is C15H22N2O3. The molecule has 1 aromatic carbocycles. The fourth-order valence-electron chi connectivity index (χ4n) is 1.73. The fourth-order valence-corrected chi connectivity index (χ4v) is 1.73. The minimum atomic E-state index is 0.520. The van der Waals surface area contributed by atoms with Crippen molar-refractivity contribution in [2.75, 3.05) is 47.1 Å². The highest BCUT2D eigenvalue weighted by Gasteiger charge is 2.04. The van der Waals surface area contributed by atoms with Crippen molar-refractivity contribution in [3.05, 3.63) is 24.3 Å². The second kappa shape index (κ2) is 10.1. The van der Waals surface area contributed by atoms with Crippen molar-refractivity contribution in [1.29, 1.82) is 5.26 Å². The van der Waals surface area contributed by atoms with Gasteiger partial charge in [0.15, 0.2) is 0 Å². The molecule has 20 heavy (non-hydrogen) atoms. The SMILES string of the molecule is COCCN(CCC#N)CCOc1ccc(OC)cc1. The van der Waals surface area contributed by atoms with E-state index in [1.54, 1.807) is 14.2 Å². The van der Waals surface area contributed by atoms with Crippen molar-refractivity contribution in [2.24, 2.45) is 0 Å². The molecule has 0 bridgehead atoms. The zero-order valence-electron chi connectivity index (χ0n) is 12.2. The highest BCUT2D eigenvalue weighted by atomic mass is 16.5. The van der Waals surface area contributed by atoms with Gasteiger partial charge in [-0.15, -0.1) is 0 Å². The van der Waals surface area contributed by atoms with E-state index in [4.69, 9.17) is 19.5 Å². The van der Waals surface area contributed by atoms with E-state index in [0.29, 0.717) is 19.6 Å². The molecule has 0 aromatic heterocycles. The van der Waals surface area contributed by atoms with E-state index in [2.05, 4.69) is 11.0 Å². The summed E-state index contributed by atoms with van der Waals surface area (Å²) in [6.45, 7) is 3.57. The third kappa shape index (κ3) is 6.41. The zero-order chi connectivity index (χ0) is 14.6. The van der Waals surface area contributed by atoms with Gasteiger partial charge in [0, 0.05) is 33.2 Å². The molecule has 0 fully saturated rings. The Bertz CT molecular complexity index is 401. The molecule has 1 aromatic rings. The molecule has 0 saturated carbocycles. The molecule has 0 aliphatic heterocycles. The summed E-state index contributed by atoms with van der Waals surface area (Å²) in [6, 6.07) is 9.66. The standard InChI is InChI=1S/C15H22N2O3/c1-18-12-10-17(9-3-8-16)11-13-20-15-6-4-14(19-2)5-7-15/h4-7H,3,9-13H2,1-2H3. The average molecular weight is 278 g/mol. The van der Waals surface area contributed by atoms with Gasteiger partial charge in [0.1, 0.15) is 18.1 Å². The molecule has 0 aliphatic carbocycles. The molecular weight excluding hydrogens is 256 g/mol. The molecule has 0 N–H and O–H groups in total. The van der Waals surface area contributed by atoms with Crippen LogP contribution in [-0.4, -0.2) is 52.0 Å². The van der Waals surface area contributed by atoms with Crippen LogP contribution in [0.1, 0.15) is 6.42 Å². The quantitative estimate of drug-likeness (QED) is 0.654. The average Bonchev–Trinajstić information content (AvgIpc) is 2.50. The van der Waals surface area contributed by atoms with Crippen LogP contribution in [0.3, 0.4) is 0 Å². The summed E-state index contributed by atoms with van der Waals surface area (Å²) in [4.78, 5) is 2.16. The summed E-state index contributed by atoms with van der Waals surface area (Å²) < 4.78 is 15.8. The van der Waals surface area contributed by atoms with Gasteiger partial charge in [0.25, 0.3) is 0 Å². The Morgan fingerprint density at radius 2 is 1.65 bits per heavy atom. The lowest BCUT2D eigenvalue weighted by Gasteiger charge is -2.20. The van der Waals surface area contributed by atoms with Gasteiger partial charge in [-0.2, -0.15) is 5.26 Å². The number of nitriles is 1. The van der Waals surface area contributed by atoms with Crippen LogP contribution in [0.25, 0.3) is 0 Å². The summed E-state index contributed by atoms with van der Waals surface area (Å²) in [5.74, 6) is 1.63. The number of hydrogen-bond donors (Lipinski definition) is 0. The van der Waals surface area contributed by atoms with Crippen LogP contribution in [0.4, 0.5) is 0 Å². The van der Waals surface area contributed by atoms with Crippen LogP contribution in [0.5, 0.6) is 11.5 Å². The summed E-state index contributed by atoms with van der Waals surface area (Å²) in [6.07, 6.45) is 0.520. The lowest BCUT2D eigenvalue weighted by atomic mass is 10.3. The number of benzene rings is 1. The first-order valence-electron chi connectivity index (χ1n) is 6.65. The maximum absolute atomic E-state index is 8.64. The molecule has 5 heteroatoms. The minimum Gasteiger partial charge on any atom is -0.497 e. The van der Waals surface area contributed by atoms with Crippen LogP contribution in [0.2, 0.25) is 0 Å². The van der Waals surface area contributed by atoms with Crippen molar-refractivity contribution in [2.45, 2.75) is 6.42 Å². The Labute approximate surface area is 120 Å². The smallest absolute Gasteiger partial charge is 0.119 e. The van der Waals surface area contributed by atoms with E-state index < -0.39 is 0 Å². The monoisotopic (exact) mass is 278 g/mol. The number of hydrogen-bond acceptors (Lipinski definition) is 5. The topological polar surface area (TPSA) is 54.7 Å². The lowest BCUT2D eigenvalue weighted by Crippen LogP contribution is -2.32. The normalized spacial score (nSPS) is 10.3. The molecule has 0 spiro atoms. The lowest BCUT2D eigenvalue weighted by molar-refractivity contribution is 0.136. The van der Waals surface area contributed by atoms with E-state index in [9.17, 15) is 0 Å². The number of methoxy groups -OCH3 is 2. The number of rotatable bonds is 10. The van der Waals surface area contributed by atoms with E-state index in [0.717, 1.165) is 31.1 Å². The Balaban J connectivity index is 2.32. The van der Waals surface area contributed by atoms with Crippen LogP contribution in [0, 0.1) is 11.3 Å². The first-order valence-corrected chi connectivity index (χ1v) is 6.65. The third-order valence-corrected chi connectivity index (χ3v) is 2.89. The third-order valence-electron chi connectivity index (χ3n) is 2.89. The molecule has 0 unspecified atom stereocenters. The number of nitrogens with zero attached hydrogens (tertiary/aromatic N) is 2. The van der Waals surface area contributed by atoms with E-state index in [-0.39, 0.29) is 0 Å². The molecule has 0 aliphatic rings. The van der Waals surface area contributed by atoms with Crippen molar-refractivity contribution in [3.63, 3.8) is 0 Å². The van der Waals surface area contributed by atoms with Crippen molar-refractivity contribution in [3.8, 4) is 17.6 Å². The maximum atomic E-state index is 8.64. The second-order valence-corrected chi connectivity index (χ2v) is 4.27. The van der Waals surface area contributed by atoms with Crippen LogP contribution >= 0.6 is 0 Å². The van der Waals surface area contributed by atoms with Crippen LogP contribution in [-0.2, 0) is 4.74 Å². The molecule has 0 atom stereocenters. The van der Waals surface area contributed by atoms with Gasteiger partial charge in [-0.1, -0.05) is 0 Å². The van der Waals surface area contributed by atoms with Crippen molar-refractivity contribution in [1.82, 2.24) is 4.90 Å². The van der Waals surface area contributed by atoms with Crippen LogP contribution in [0.15, 0.2) is 24.3 Å². The Morgan fingerprint density at radius 3 is 2.25 bits per heavy atom. The molecule has 110 valence electrons. The van der Waals surface area contributed by atoms with Gasteiger partial charge < -0.3 is 14.2 Å². The highest BCUT2D eigenvalue weighted by Crippen LogP contribution is 2.16. The summed E-state index contributed by atoms with van der Waals surface area (Å²) in [5, 5.41) is 8.64. The molecule has 0 heterocycles. The van der Waals surface area contributed by atoms with Gasteiger partial charge >= 0.3 is 0 Å². The van der Waals surface area contributed by atoms with Crippen LogP contribution < -0.4 is 9.47 Å². The Morgan fingerprint density at radius 1 is 1.00 bits per heavy atom. The predicted molar refractivity (Wildman–Crippen MR) is 77.0 cm³/mol. The van der Waals surface area contributed by atoms with Gasteiger partial charge in [0.2, 0.25) is 0 Å². The molecule has 0 amide bonds. The fraction of sp³-hybridized carbons (Fsp3) is 0.533. The minimum absolute atomic E-state index is 0.520. The number of ether oxygens (including phenoxy) is 3. The van der Waals surface area contributed by atoms with Gasteiger partial charge in [0.05, 0.1) is 19.8 Å². The molecule has 1 rings (SSSR count). The van der Waals surface area contributed by atoms with Gasteiger partial charge in [-0.25, -0.2) is 0 Å². The van der Waals surface area contributed by atoms with Gasteiger partial charge in [-0.05, 0) is 24.3 Å². The van der Waals surface area contributed by atoms with Gasteiger partial charge in [-0.3, -0.25) is 4.90 Å². The first-order chi connectivity index (χ1) is 9.80. The Hall–Kier alpha value is -1.77. The first kappa shape index (κ1) is 16.3. The zero-order valence-corrected chi connectivity index (χ0v) is 12.2. The summed E-state index contributed by atoms with van der Waals surface area (Å²) in [7, 11) is 3.31. The van der Waals surface area contributed by atoms with Crippen molar-refractivity contribution < 1.29 is 14.2 Å².